The molecule has 35 heavy (non-hydrogen) atoms. The molecule has 4 rings (SSSR count). The molecule has 0 aliphatic carbocycles. The smallest absolute Gasteiger partial charge is 0.234 e. The summed E-state index contributed by atoms with van der Waals surface area (Å²) >= 11 is 1.28. The Morgan fingerprint density at radius 2 is 1.74 bits per heavy atom. The first-order chi connectivity index (χ1) is 16.8. The van der Waals surface area contributed by atoms with Crippen LogP contribution < -0.4 is 5.32 Å². The molecule has 0 unspecified atom stereocenters. The van der Waals surface area contributed by atoms with E-state index in [9.17, 15) is 9.18 Å². The van der Waals surface area contributed by atoms with Gasteiger partial charge in [0.1, 0.15) is 5.82 Å². The van der Waals surface area contributed by atoms with Gasteiger partial charge in [0.2, 0.25) is 5.91 Å². The number of anilines is 1. The molecular weight excluding hydrogens is 465 g/mol. The fourth-order valence-electron chi connectivity index (χ4n) is 3.66. The minimum atomic E-state index is -0.320. The van der Waals surface area contributed by atoms with Crippen molar-refractivity contribution in [1.29, 1.82) is 0 Å². The second-order valence-electron chi connectivity index (χ2n) is 8.42. The Bertz CT molecular complexity index is 1320. The first-order valence-corrected chi connectivity index (χ1v) is 12.2. The lowest BCUT2D eigenvalue weighted by atomic mass is 10.2. The molecule has 2 aromatic heterocycles. The average Bonchev–Trinajstić information content (AvgIpc) is 3.39. The topological polar surface area (TPSA) is 80.9 Å². The largest absolute Gasteiger partial charge is 0.322 e. The summed E-state index contributed by atoms with van der Waals surface area (Å²) in [5.41, 5.74) is 3.95. The van der Waals surface area contributed by atoms with Gasteiger partial charge in [0.25, 0.3) is 0 Å². The molecule has 0 saturated carbocycles. The highest BCUT2D eigenvalue weighted by Crippen LogP contribution is 2.28. The van der Waals surface area contributed by atoms with Crippen LogP contribution in [0, 0.1) is 19.7 Å². The van der Waals surface area contributed by atoms with E-state index in [1.807, 2.05) is 79.3 Å². The zero-order valence-electron chi connectivity index (χ0n) is 20.4. The average molecular weight is 494 g/mol. The number of carbonyl (C=O) groups is 1. The normalized spacial score (nSPS) is 12.2. The highest BCUT2D eigenvalue weighted by atomic mass is 32.2. The van der Waals surface area contributed by atoms with Crippen LogP contribution in [0.3, 0.4) is 0 Å². The van der Waals surface area contributed by atoms with E-state index in [1.54, 1.807) is 12.1 Å². The molecule has 0 bridgehead atoms. The standard InChI is InChI=1S/C25H28FN7OS/c1-16-23(17(2)33(30-16)21-9-7-6-8-10-21)27-22(34)15-35-25-29-28-24(18(3)31(4)5)32(25)20-13-11-19(26)12-14-20/h6-14,18H,15H2,1-5H3,(H,27,34)/t18-/m0/s1. The molecule has 0 fully saturated rings. The number of aryl methyl sites for hydroxylation is 1. The maximum atomic E-state index is 13.5. The number of benzene rings is 2. The Labute approximate surface area is 208 Å². The maximum absolute atomic E-state index is 13.5. The van der Waals surface area contributed by atoms with Crippen molar-refractivity contribution >= 4 is 23.4 Å². The van der Waals surface area contributed by atoms with Gasteiger partial charge in [-0.15, -0.1) is 10.2 Å². The number of amides is 1. The first kappa shape index (κ1) is 24.6. The second-order valence-corrected chi connectivity index (χ2v) is 9.36. The van der Waals surface area contributed by atoms with Gasteiger partial charge in [-0.05, 0) is 71.3 Å². The van der Waals surface area contributed by atoms with Gasteiger partial charge in [-0.1, -0.05) is 30.0 Å². The van der Waals surface area contributed by atoms with Crippen LogP contribution >= 0.6 is 11.8 Å². The van der Waals surface area contributed by atoms with Crippen LogP contribution in [0.5, 0.6) is 0 Å². The van der Waals surface area contributed by atoms with E-state index in [-0.39, 0.29) is 23.5 Å². The number of carbonyl (C=O) groups excluding carboxylic acids is 1. The van der Waals surface area contributed by atoms with E-state index in [0.29, 0.717) is 16.7 Å². The summed E-state index contributed by atoms with van der Waals surface area (Å²) in [6.45, 7) is 5.81. The van der Waals surface area contributed by atoms with E-state index >= 15 is 0 Å². The number of nitrogens with one attached hydrogen (secondary N) is 1. The molecule has 0 aliphatic rings. The fourth-order valence-corrected chi connectivity index (χ4v) is 4.42. The fraction of sp³-hybridized carbons (Fsp3) is 0.280. The van der Waals surface area contributed by atoms with Gasteiger partial charge < -0.3 is 5.32 Å². The summed E-state index contributed by atoms with van der Waals surface area (Å²) in [7, 11) is 3.91. The molecule has 10 heteroatoms. The van der Waals surface area contributed by atoms with Crippen molar-refractivity contribution in [2.45, 2.75) is 32.0 Å². The lowest BCUT2D eigenvalue weighted by Crippen LogP contribution is -2.21. The van der Waals surface area contributed by atoms with Crippen molar-refractivity contribution < 1.29 is 9.18 Å². The predicted molar refractivity (Wildman–Crippen MR) is 136 cm³/mol. The SMILES string of the molecule is Cc1nn(-c2ccccc2)c(C)c1NC(=O)CSc1nnc([C@H](C)N(C)C)n1-c1ccc(F)cc1. The van der Waals surface area contributed by atoms with Gasteiger partial charge in [-0.25, -0.2) is 9.07 Å². The molecule has 1 N–H and O–H groups in total. The van der Waals surface area contributed by atoms with Crippen LogP contribution in [0.15, 0.2) is 59.8 Å². The van der Waals surface area contributed by atoms with Gasteiger partial charge in [-0.2, -0.15) is 5.10 Å². The summed E-state index contributed by atoms with van der Waals surface area (Å²) in [5.74, 6) is 0.342. The van der Waals surface area contributed by atoms with Crippen LogP contribution in [0.4, 0.5) is 10.1 Å². The third-order valence-corrected chi connectivity index (χ3v) is 6.71. The lowest BCUT2D eigenvalue weighted by Gasteiger charge is -2.20. The summed E-state index contributed by atoms with van der Waals surface area (Å²) in [6.07, 6.45) is 0. The number of rotatable bonds is 8. The molecule has 0 radical (unpaired) electrons. The minimum Gasteiger partial charge on any atom is -0.322 e. The lowest BCUT2D eigenvalue weighted by molar-refractivity contribution is -0.113. The molecule has 0 aliphatic heterocycles. The minimum absolute atomic E-state index is 0.0372. The maximum Gasteiger partial charge on any atom is 0.234 e. The number of para-hydroxylation sites is 1. The van der Waals surface area contributed by atoms with E-state index in [2.05, 4.69) is 20.6 Å². The molecule has 0 spiro atoms. The molecule has 1 atom stereocenters. The van der Waals surface area contributed by atoms with Crippen molar-refractivity contribution in [1.82, 2.24) is 29.4 Å². The van der Waals surface area contributed by atoms with Crippen molar-refractivity contribution in [3.8, 4) is 11.4 Å². The summed E-state index contributed by atoms with van der Waals surface area (Å²) in [6, 6.07) is 15.9. The molecule has 0 saturated heterocycles. The Hall–Kier alpha value is -3.50. The van der Waals surface area contributed by atoms with E-state index in [4.69, 9.17) is 0 Å². The number of thioether (sulfide) groups is 1. The van der Waals surface area contributed by atoms with Crippen LogP contribution in [0.25, 0.3) is 11.4 Å². The van der Waals surface area contributed by atoms with E-state index in [1.165, 1.54) is 23.9 Å². The predicted octanol–water partition coefficient (Wildman–Crippen LogP) is 4.56. The monoisotopic (exact) mass is 493 g/mol. The van der Waals surface area contributed by atoms with Crippen LogP contribution in [0.2, 0.25) is 0 Å². The van der Waals surface area contributed by atoms with Gasteiger partial charge in [0, 0.05) is 5.69 Å². The van der Waals surface area contributed by atoms with E-state index in [0.717, 1.165) is 22.8 Å². The third-order valence-electron chi connectivity index (χ3n) is 5.78. The molecular formula is C25H28FN7OS. The van der Waals surface area contributed by atoms with E-state index < -0.39 is 0 Å². The quantitative estimate of drug-likeness (QED) is 0.363. The number of hydrogen-bond acceptors (Lipinski definition) is 6. The molecule has 2 aromatic carbocycles. The Kier molecular flexibility index (Phi) is 7.32. The molecule has 182 valence electrons. The molecule has 1 amide bonds. The highest BCUT2D eigenvalue weighted by molar-refractivity contribution is 7.99. The van der Waals surface area contributed by atoms with Gasteiger partial charge >= 0.3 is 0 Å². The molecule has 8 nitrogen and oxygen atoms in total. The molecule has 4 aromatic rings. The van der Waals surface area contributed by atoms with Crippen molar-refractivity contribution in [2.24, 2.45) is 0 Å². The van der Waals surface area contributed by atoms with Gasteiger partial charge in [0.15, 0.2) is 11.0 Å². The van der Waals surface area contributed by atoms with Gasteiger partial charge in [0.05, 0.1) is 34.6 Å². The Morgan fingerprint density at radius 1 is 1.06 bits per heavy atom. The Morgan fingerprint density at radius 3 is 2.40 bits per heavy atom. The summed E-state index contributed by atoms with van der Waals surface area (Å²) < 4.78 is 17.2. The number of nitrogens with zero attached hydrogens (tertiary/aromatic N) is 6. The highest BCUT2D eigenvalue weighted by Gasteiger charge is 2.22. The van der Waals surface area contributed by atoms with Crippen LogP contribution in [-0.2, 0) is 4.79 Å². The van der Waals surface area contributed by atoms with Gasteiger partial charge in [-0.3, -0.25) is 14.3 Å². The third kappa shape index (κ3) is 5.28. The zero-order valence-corrected chi connectivity index (χ0v) is 21.2. The van der Waals surface area contributed by atoms with Crippen LogP contribution in [0.1, 0.15) is 30.2 Å². The number of halogens is 1. The van der Waals surface area contributed by atoms with Crippen LogP contribution in [-0.4, -0.2) is 55.2 Å². The first-order valence-electron chi connectivity index (χ1n) is 11.2. The summed E-state index contributed by atoms with van der Waals surface area (Å²) in [4.78, 5) is 14.9. The van der Waals surface area contributed by atoms with Crippen molar-refractivity contribution in [3.63, 3.8) is 0 Å². The number of hydrogen-bond donors (Lipinski definition) is 1. The molecule has 2 heterocycles. The second kappa shape index (κ2) is 10.4. The van der Waals surface area contributed by atoms with Crippen molar-refractivity contribution in [2.75, 3.05) is 25.2 Å². The van der Waals surface area contributed by atoms with Crippen molar-refractivity contribution in [3.05, 3.63) is 77.6 Å². The number of aromatic nitrogens is 5. The Balaban J connectivity index is 1.54. The summed E-state index contributed by atoms with van der Waals surface area (Å²) in [5, 5.41) is 16.8. The zero-order chi connectivity index (χ0) is 25.1.